The zero-order chi connectivity index (χ0) is 15.4. The SMILES string of the molecule is COCCNC(c1ccc(C)c(F)c1)c1nc(C)c(C)s1. The van der Waals surface area contributed by atoms with Gasteiger partial charge in [-0.05, 0) is 38.0 Å². The number of rotatable bonds is 6. The lowest BCUT2D eigenvalue weighted by Crippen LogP contribution is -2.26. The second-order valence-electron chi connectivity index (χ2n) is 5.08. The molecule has 21 heavy (non-hydrogen) atoms. The number of thiazole rings is 1. The van der Waals surface area contributed by atoms with Crippen LogP contribution >= 0.6 is 11.3 Å². The molecular weight excluding hydrogens is 287 g/mol. The maximum absolute atomic E-state index is 13.9. The Morgan fingerprint density at radius 3 is 2.67 bits per heavy atom. The second-order valence-corrected chi connectivity index (χ2v) is 6.32. The summed E-state index contributed by atoms with van der Waals surface area (Å²) in [6.07, 6.45) is 0. The third-order valence-corrected chi connectivity index (χ3v) is 4.61. The molecule has 1 N–H and O–H groups in total. The lowest BCUT2D eigenvalue weighted by atomic mass is 10.0. The van der Waals surface area contributed by atoms with Gasteiger partial charge in [-0.3, -0.25) is 0 Å². The van der Waals surface area contributed by atoms with Crippen molar-refractivity contribution in [1.29, 1.82) is 0 Å². The number of aryl methyl sites for hydroxylation is 3. The van der Waals surface area contributed by atoms with Crippen LogP contribution in [0, 0.1) is 26.6 Å². The third kappa shape index (κ3) is 3.87. The highest BCUT2D eigenvalue weighted by molar-refractivity contribution is 7.11. The summed E-state index contributed by atoms with van der Waals surface area (Å²) in [5, 5.41) is 4.36. The molecule has 0 aliphatic carbocycles. The van der Waals surface area contributed by atoms with Crippen LogP contribution in [-0.4, -0.2) is 25.2 Å². The van der Waals surface area contributed by atoms with Gasteiger partial charge in [-0.15, -0.1) is 11.3 Å². The van der Waals surface area contributed by atoms with Gasteiger partial charge in [0.1, 0.15) is 10.8 Å². The van der Waals surface area contributed by atoms with E-state index in [0.29, 0.717) is 18.7 Å². The molecule has 2 rings (SSSR count). The van der Waals surface area contributed by atoms with Gasteiger partial charge >= 0.3 is 0 Å². The van der Waals surface area contributed by atoms with Crippen molar-refractivity contribution in [3.63, 3.8) is 0 Å². The van der Waals surface area contributed by atoms with E-state index in [9.17, 15) is 4.39 Å². The molecule has 0 aliphatic rings. The number of hydrogen-bond acceptors (Lipinski definition) is 4. The highest BCUT2D eigenvalue weighted by atomic mass is 32.1. The molecule has 1 aromatic heterocycles. The van der Waals surface area contributed by atoms with Gasteiger partial charge in [0.25, 0.3) is 0 Å². The fourth-order valence-electron chi connectivity index (χ4n) is 2.06. The molecule has 0 saturated carbocycles. The van der Waals surface area contributed by atoms with Crippen LogP contribution in [0.5, 0.6) is 0 Å². The van der Waals surface area contributed by atoms with Crippen LogP contribution in [-0.2, 0) is 4.74 Å². The van der Waals surface area contributed by atoms with E-state index in [1.54, 1.807) is 31.4 Å². The van der Waals surface area contributed by atoms with Gasteiger partial charge in [-0.2, -0.15) is 0 Å². The fraction of sp³-hybridized carbons (Fsp3) is 0.438. The maximum atomic E-state index is 13.9. The van der Waals surface area contributed by atoms with Gasteiger partial charge in [0.05, 0.1) is 18.3 Å². The molecule has 1 aromatic carbocycles. The van der Waals surface area contributed by atoms with E-state index in [1.165, 1.54) is 4.88 Å². The first-order valence-corrected chi connectivity index (χ1v) is 7.77. The Balaban J connectivity index is 2.32. The van der Waals surface area contributed by atoms with E-state index in [4.69, 9.17) is 4.74 Å². The number of hydrogen-bond donors (Lipinski definition) is 1. The quantitative estimate of drug-likeness (QED) is 0.829. The van der Waals surface area contributed by atoms with E-state index in [2.05, 4.69) is 17.2 Å². The molecule has 0 saturated heterocycles. The predicted octanol–water partition coefficient (Wildman–Crippen LogP) is 3.53. The number of methoxy groups -OCH3 is 1. The lowest BCUT2D eigenvalue weighted by Gasteiger charge is -2.17. The zero-order valence-electron chi connectivity index (χ0n) is 12.9. The average molecular weight is 308 g/mol. The minimum Gasteiger partial charge on any atom is -0.383 e. The molecule has 5 heteroatoms. The topological polar surface area (TPSA) is 34.1 Å². The minimum absolute atomic E-state index is 0.104. The Labute approximate surface area is 129 Å². The Hall–Kier alpha value is -1.30. The summed E-state index contributed by atoms with van der Waals surface area (Å²) in [5.74, 6) is -0.184. The highest BCUT2D eigenvalue weighted by Crippen LogP contribution is 2.28. The normalized spacial score (nSPS) is 12.6. The largest absolute Gasteiger partial charge is 0.383 e. The molecule has 1 unspecified atom stereocenters. The van der Waals surface area contributed by atoms with Crippen molar-refractivity contribution in [2.24, 2.45) is 0 Å². The summed E-state index contributed by atoms with van der Waals surface area (Å²) < 4.78 is 18.9. The maximum Gasteiger partial charge on any atom is 0.126 e. The van der Waals surface area contributed by atoms with Crippen LogP contribution in [0.4, 0.5) is 4.39 Å². The monoisotopic (exact) mass is 308 g/mol. The predicted molar refractivity (Wildman–Crippen MR) is 84.4 cm³/mol. The number of benzene rings is 1. The summed E-state index contributed by atoms with van der Waals surface area (Å²) in [6, 6.07) is 5.25. The average Bonchev–Trinajstić information content (AvgIpc) is 2.78. The number of halogens is 1. The van der Waals surface area contributed by atoms with Crippen molar-refractivity contribution >= 4 is 11.3 Å². The molecule has 0 radical (unpaired) electrons. The molecule has 0 fully saturated rings. The van der Waals surface area contributed by atoms with E-state index in [0.717, 1.165) is 16.3 Å². The van der Waals surface area contributed by atoms with Crippen molar-refractivity contribution in [1.82, 2.24) is 10.3 Å². The van der Waals surface area contributed by atoms with E-state index in [1.807, 2.05) is 19.1 Å². The summed E-state index contributed by atoms with van der Waals surface area (Å²) in [6.45, 7) is 7.11. The van der Waals surface area contributed by atoms with Crippen LogP contribution in [0.25, 0.3) is 0 Å². The van der Waals surface area contributed by atoms with Crippen molar-refractivity contribution in [2.45, 2.75) is 26.8 Å². The number of nitrogens with zero attached hydrogens (tertiary/aromatic N) is 1. The molecule has 2 aromatic rings. The molecule has 3 nitrogen and oxygen atoms in total. The van der Waals surface area contributed by atoms with Crippen molar-refractivity contribution in [2.75, 3.05) is 20.3 Å². The minimum atomic E-state index is -0.184. The zero-order valence-corrected chi connectivity index (χ0v) is 13.7. The molecular formula is C16H21FN2OS. The van der Waals surface area contributed by atoms with Crippen molar-refractivity contribution in [3.8, 4) is 0 Å². The van der Waals surface area contributed by atoms with Crippen LogP contribution in [0.15, 0.2) is 18.2 Å². The summed E-state index contributed by atoms with van der Waals surface area (Å²) in [7, 11) is 1.67. The first kappa shape index (κ1) is 16.1. The van der Waals surface area contributed by atoms with Crippen molar-refractivity contribution < 1.29 is 9.13 Å². The Kier molecular flexibility index (Phi) is 5.45. The van der Waals surface area contributed by atoms with Crippen LogP contribution in [0.1, 0.15) is 32.7 Å². The number of ether oxygens (including phenoxy) is 1. The molecule has 1 atom stereocenters. The van der Waals surface area contributed by atoms with Crippen LogP contribution in [0.2, 0.25) is 0 Å². The molecule has 0 bridgehead atoms. The van der Waals surface area contributed by atoms with Gasteiger partial charge in [0.15, 0.2) is 0 Å². The number of nitrogens with one attached hydrogen (secondary N) is 1. The van der Waals surface area contributed by atoms with Crippen LogP contribution in [0.3, 0.4) is 0 Å². The lowest BCUT2D eigenvalue weighted by molar-refractivity contribution is 0.197. The standard InChI is InChI=1S/C16H21FN2OS/c1-10-5-6-13(9-14(10)17)15(18-7-8-20-4)16-19-11(2)12(3)21-16/h5-6,9,15,18H,7-8H2,1-4H3. The van der Waals surface area contributed by atoms with E-state index in [-0.39, 0.29) is 11.9 Å². The van der Waals surface area contributed by atoms with Gasteiger partial charge in [0.2, 0.25) is 0 Å². The molecule has 0 amide bonds. The highest BCUT2D eigenvalue weighted by Gasteiger charge is 2.19. The van der Waals surface area contributed by atoms with Gasteiger partial charge in [-0.1, -0.05) is 12.1 Å². The second kappa shape index (κ2) is 7.11. The Morgan fingerprint density at radius 2 is 2.10 bits per heavy atom. The van der Waals surface area contributed by atoms with E-state index < -0.39 is 0 Å². The Bertz CT molecular complexity index is 593. The van der Waals surface area contributed by atoms with Gasteiger partial charge < -0.3 is 10.1 Å². The van der Waals surface area contributed by atoms with Crippen molar-refractivity contribution in [3.05, 3.63) is 50.7 Å². The molecule has 1 heterocycles. The fourth-order valence-corrected chi connectivity index (χ4v) is 3.09. The summed E-state index contributed by atoms with van der Waals surface area (Å²) >= 11 is 1.65. The molecule has 0 spiro atoms. The van der Waals surface area contributed by atoms with Gasteiger partial charge in [0, 0.05) is 18.5 Å². The van der Waals surface area contributed by atoms with Gasteiger partial charge in [-0.25, -0.2) is 9.37 Å². The van der Waals surface area contributed by atoms with Crippen LogP contribution < -0.4 is 5.32 Å². The summed E-state index contributed by atoms with van der Waals surface area (Å²) in [4.78, 5) is 5.80. The molecule has 0 aliphatic heterocycles. The molecule has 114 valence electrons. The third-order valence-electron chi connectivity index (χ3n) is 3.48. The first-order valence-electron chi connectivity index (χ1n) is 6.95. The van der Waals surface area contributed by atoms with E-state index >= 15 is 0 Å². The summed E-state index contributed by atoms with van der Waals surface area (Å²) in [5.41, 5.74) is 2.57. The Morgan fingerprint density at radius 1 is 1.33 bits per heavy atom. The smallest absolute Gasteiger partial charge is 0.126 e. The number of aromatic nitrogens is 1. The first-order chi connectivity index (χ1) is 10.0.